The molecule has 0 radical (unpaired) electrons. The number of rotatable bonds is 3. The fraction of sp³-hybridized carbons (Fsp3) is 0.600. The van der Waals surface area contributed by atoms with Gasteiger partial charge in [0.15, 0.2) is 0 Å². The third-order valence-electron chi connectivity index (χ3n) is 0.648. The molecule has 0 unspecified atom stereocenters. The van der Waals surface area contributed by atoms with Crippen molar-refractivity contribution >= 4 is 0 Å². The highest BCUT2D eigenvalue weighted by atomic mass is 16.5. The van der Waals surface area contributed by atoms with Gasteiger partial charge in [-0.3, -0.25) is 10.7 Å². The van der Waals surface area contributed by atoms with Crippen LogP contribution in [0.15, 0.2) is 12.3 Å². The van der Waals surface area contributed by atoms with Crippen molar-refractivity contribution < 1.29 is 5.21 Å². The van der Waals surface area contributed by atoms with Crippen LogP contribution in [0.1, 0.15) is 19.8 Å². The summed E-state index contributed by atoms with van der Waals surface area (Å²) in [7, 11) is 0. The van der Waals surface area contributed by atoms with Gasteiger partial charge < -0.3 is 0 Å². The van der Waals surface area contributed by atoms with Gasteiger partial charge in [-0.2, -0.15) is 0 Å². The van der Waals surface area contributed by atoms with Gasteiger partial charge in [0.25, 0.3) is 0 Å². The average molecular weight is 101 g/mol. The van der Waals surface area contributed by atoms with E-state index in [1.54, 1.807) is 0 Å². The van der Waals surface area contributed by atoms with E-state index in [4.69, 9.17) is 5.21 Å². The van der Waals surface area contributed by atoms with Gasteiger partial charge in [-0.05, 0) is 6.42 Å². The second kappa shape index (κ2) is 5.50. The zero-order valence-corrected chi connectivity index (χ0v) is 4.52. The van der Waals surface area contributed by atoms with E-state index in [1.165, 1.54) is 6.20 Å². The van der Waals surface area contributed by atoms with Gasteiger partial charge in [-0.15, -0.1) is 0 Å². The number of hydrogen-bond acceptors (Lipinski definition) is 2. The first-order chi connectivity index (χ1) is 3.41. The van der Waals surface area contributed by atoms with Crippen molar-refractivity contribution in [3.63, 3.8) is 0 Å². The summed E-state index contributed by atoms with van der Waals surface area (Å²) in [6.07, 6.45) is 5.54. The largest absolute Gasteiger partial charge is 0.292 e. The van der Waals surface area contributed by atoms with Crippen molar-refractivity contribution in [2.75, 3.05) is 0 Å². The Balaban J connectivity index is 2.78. The van der Waals surface area contributed by atoms with Crippen LogP contribution in [0, 0.1) is 0 Å². The van der Waals surface area contributed by atoms with Crippen LogP contribution in [0.25, 0.3) is 0 Å². The van der Waals surface area contributed by atoms with E-state index in [0.29, 0.717) is 0 Å². The van der Waals surface area contributed by atoms with E-state index in [-0.39, 0.29) is 0 Å². The summed E-state index contributed by atoms with van der Waals surface area (Å²) >= 11 is 0. The van der Waals surface area contributed by atoms with Crippen LogP contribution in [0.3, 0.4) is 0 Å². The molecule has 7 heavy (non-hydrogen) atoms. The monoisotopic (exact) mass is 101 g/mol. The zero-order chi connectivity index (χ0) is 5.54. The SMILES string of the molecule is CCCC=CNO. The van der Waals surface area contributed by atoms with Gasteiger partial charge in [0.05, 0.1) is 0 Å². The first-order valence-electron chi connectivity index (χ1n) is 2.46. The molecule has 0 bridgehead atoms. The van der Waals surface area contributed by atoms with E-state index in [0.717, 1.165) is 12.8 Å². The van der Waals surface area contributed by atoms with Crippen molar-refractivity contribution in [3.05, 3.63) is 12.3 Å². The summed E-state index contributed by atoms with van der Waals surface area (Å²) < 4.78 is 0. The molecule has 0 saturated heterocycles. The molecule has 0 spiro atoms. The number of hydroxylamine groups is 1. The lowest BCUT2D eigenvalue weighted by Gasteiger charge is -1.82. The second-order valence-corrected chi connectivity index (χ2v) is 1.32. The summed E-state index contributed by atoms with van der Waals surface area (Å²) in [5, 5.41) is 7.96. The molecule has 2 nitrogen and oxygen atoms in total. The van der Waals surface area contributed by atoms with Crippen LogP contribution in [-0.4, -0.2) is 5.21 Å². The Labute approximate surface area is 43.8 Å². The number of unbranched alkanes of at least 4 members (excludes halogenated alkanes) is 1. The molecule has 0 fully saturated rings. The summed E-state index contributed by atoms with van der Waals surface area (Å²) in [6.45, 7) is 2.09. The van der Waals surface area contributed by atoms with Crippen molar-refractivity contribution in [3.8, 4) is 0 Å². The molecule has 2 heteroatoms. The van der Waals surface area contributed by atoms with Gasteiger partial charge in [-0.1, -0.05) is 19.4 Å². The summed E-state index contributed by atoms with van der Waals surface area (Å²) in [4.78, 5) is 0. The maximum atomic E-state index is 7.96. The predicted molar refractivity (Wildman–Crippen MR) is 29.0 cm³/mol. The average Bonchev–Trinajstić information content (AvgIpc) is 1.69. The first kappa shape index (κ1) is 6.50. The molecular weight excluding hydrogens is 90.1 g/mol. The molecule has 0 rings (SSSR count). The highest BCUT2D eigenvalue weighted by Crippen LogP contribution is 1.84. The van der Waals surface area contributed by atoms with Crippen molar-refractivity contribution in [2.24, 2.45) is 0 Å². The lowest BCUT2D eigenvalue weighted by atomic mass is 10.3. The third kappa shape index (κ3) is 5.50. The Kier molecular flexibility index (Phi) is 5.11. The fourth-order valence-electron chi connectivity index (χ4n) is 0.303. The van der Waals surface area contributed by atoms with E-state index < -0.39 is 0 Å². The van der Waals surface area contributed by atoms with E-state index in [2.05, 4.69) is 6.92 Å². The normalized spacial score (nSPS) is 10.0. The third-order valence-corrected chi connectivity index (χ3v) is 0.648. The Morgan fingerprint density at radius 1 is 1.71 bits per heavy atom. The minimum atomic E-state index is 1.02. The van der Waals surface area contributed by atoms with E-state index >= 15 is 0 Å². The minimum absolute atomic E-state index is 1.02. The topological polar surface area (TPSA) is 32.3 Å². The summed E-state index contributed by atoms with van der Waals surface area (Å²) in [5.41, 5.74) is 1.92. The van der Waals surface area contributed by atoms with E-state index in [1.807, 2.05) is 11.6 Å². The lowest BCUT2D eigenvalue weighted by molar-refractivity contribution is 0.214. The summed E-state index contributed by atoms with van der Waals surface area (Å²) in [5.74, 6) is 0. The van der Waals surface area contributed by atoms with Crippen LogP contribution in [0.5, 0.6) is 0 Å². The Bertz CT molecular complexity index is 52.0. The maximum Gasteiger partial charge on any atom is 0.0200 e. The molecule has 0 atom stereocenters. The molecule has 0 aromatic heterocycles. The molecule has 42 valence electrons. The predicted octanol–water partition coefficient (Wildman–Crippen LogP) is 1.28. The molecule has 0 aromatic rings. The van der Waals surface area contributed by atoms with Crippen LogP contribution in [-0.2, 0) is 0 Å². The van der Waals surface area contributed by atoms with Crippen LogP contribution < -0.4 is 5.48 Å². The number of nitrogens with one attached hydrogen (secondary N) is 1. The van der Waals surface area contributed by atoms with Gasteiger partial charge >= 0.3 is 0 Å². The first-order valence-corrected chi connectivity index (χ1v) is 2.46. The summed E-state index contributed by atoms with van der Waals surface area (Å²) in [6, 6.07) is 0. The van der Waals surface area contributed by atoms with Gasteiger partial charge in [0.2, 0.25) is 0 Å². The lowest BCUT2D eigenvalue weighted by Crippen LogP contribution is -1.91. The fourth-order valence-corrected chi connectivity index (χ4v) is 0.303. The van der Waals surface area contributed by atoms with Crippen LogP contribution in [0.4, 0.5) is 0 Å². The molecule has 0 saturated carbocycles. The van der Waals surface area contributed by atoms with Crippen LogP contribution >= 0.6 is 0 Å². The van der Waals surface area contributed by atoms with Crippen molar-refractivity contribution in [1.29, 1.82) is 0 Å². The molecule has 2 N–H and O–H groups in total. The number of hydrogen-bond donors (Lipinski definition) is 2. The van der Waals surface area contributed by atoms with Gasteiger partial charge in [0.1, 0.15) is 0 Å². The zero-order valence-electron chi connectivity index (χ0n) is 4.52. The number of allylic oxidation sites excluding steroid dienone is 1. The Morgan fingerprint density at radius 2 is 2.43 bits per heavy atom. The standard InChI is InChI=1S/C5H11NO/c1-2-3-4-5-6-7/h4-7H,2-3H2,1H3. The molecule has 0 heterocycles. The van der Waals surface area contributed by atoms with E-state index in [9.17, 15) is 0 Å². The molecule has 0 amide bonds. The highest BCUT2D eigenvalue weighted by molar-refractivity contribution is 4.74. The highest BCUT2D eigenvalue weighted by Gasteiger charge is 1.67. The maximum absolute atomic E-state index is 7.96. The van der Waals surface area contributed by atoms with Crippen molar-refractivity contribution in [2.45, 2.75) is 19.8 Å². The quantitative estimate of drug-likeness (QED) is 0.525. The second-order valence-electron chi connectivity index (χ2n) is 1.32. The Morgan fingerprint density at radius 3 is 2.86 bits per heavy atom. The smallest absolute Gasteiger partial charge is 0.0200 e. The molecule has 0 aliphatic rings. The minimum Gasteiger partial charge on any atom is -0.292 e. The molecule has 0 aromatic carbocycles. The Hall–Kier alpha value is -0.500. The molecular formula is C5H11NO. The molecule has 0 aliphatic carbocycles. The van der Waals surface area contributed by atoms with Gasteiger partial charge in [0, 0.05) is 6.20 Å². The molecule has 0 aliphatic heterocycles. The van der Waals surface area contributed by atoms with Crippen LogP contribution in [0.2, 0.25) is 0 Å². The van der Waals surface area contributed by atoms with Crippen molar-refractivity contribution in [1.82, 2.24) is 5.48 Å². The van der Waals surface area contributed by atoms with Gasteiger partial charge in [-0.25, -0.2) is 0 Å².